The number of fused-ring (bicyclic) bond motifs is 2. The topological polar surface area (TPSA) is 50.3 Å². The molecule has 2 aromatic heterocycles. The molecule has 1 aliphatic carbocycles. The molecule has 5 rings (SSSR count). The van der Waals surface area contributed by atoms with E-state index in [2.05, 4.69) is 41.4 Å². The molecule has 0 bridgehead atoms. The van der Waals surface area contributed by atoms with E-state index in [1.165, 1.54) is 37.1 Å². The smallest absolute Gasteiger partial charge is 0.128 e. The standard InChI is InChI=1S/C23H30N4O/c1-16-18(7-10-21(25-16)27-13-5-6-17(14-27)28-2)19-8-9-20-22(26-19)23(15-24-20)11-3-4-12-23/h7-10,17,24H,3-6,11-15H2,1-2H3. The number of methoxy groups -OCH3 is 1. The number of nitrogens with one attached hydrogen (secondary N) is 1. The minimum absolute atomic E-state index is 0.260. The summed E-state index contributed by atoms with van der Waals surface area (Å²) in [6.07, 6.45) is 7.76. The van der Waals surface area contributed by atoms with Crippen LogP contribution in [0.1, 0.15) is 49.9 Å². The summed E-state index contributed by atoms with van der Waals surface area (Å²) in [5, 5.41) is 3.59. The molecule has 5 nitrogen and oxygen atoms in total. The van der Waals surface area contributed by atoms with Crippen molar-refractivity contribution in [2.45, 2.75) is 57.0 Å². The minimum Gasteiger partial charge on any atom is -0.383 e. The van der Waals surface area contributed by atoms with E-state index in [-0.39, 0.29) is 5.41 Å². The molecule has 3 aliphatic rings. The van der Waals surface area contributed by atoms with Crippen molar-refractivity contribution in [3.8, 4) is 11.3 Å². The predicted molar refractivity (Wildman–Crippen MR) is 113 cm³/mol. The summed E-state index contributed by atoms with van der Waals surface area (Å²) < 4.78 is 5.57. The highest BCUT2D eigenvalue weighted by Crippen LogP contribution is 2.47. The molecule has 4 heterocycles. The number of aromatic nitrogens is 2. The molecule has 0 radical (unpaired) electrons. The van der Waals surface area contributed by atoms with E-state index >= 15 is 0 Å². The molecule has 2 aromatic rings. The van der Waals surface area contributed by atoms with Crippen LogP contribution in [-0.4, -0.2) is 42.8 Å². The highest BCUT2D eigenvalue weighted by molar-refractivity contribution is 5.68. The summed E-state index contributed by atoms with van der Waals surface area (Å²) in [5.41, 5.74) is 6.02. The largest absolute Gasteiger partial charge is 0.383 e. The number of nitrogens with zero attached hydrogens (tertiary/aromatic N) is 3. The van der Waals surface area contributed by atoms with Gasteiger partial charge in [0.15, 0.2) is 0 Å². The summed E-state index contributed by atoms with van der Waals surface area (Å²) in [6.45, 7) is 5.13. The Morgan fingerprint density at radius 2 is 1.96 bits per heavy atom. The number of aryl methyl sites for hydroxylation is 1. The van der Waals surface area contributed by atoms with Gasteiger partial charge in [-0.2, -0.15) is 0 Å². The van der Waals surface area contributed by atoms with Crippen LogP contribution in [0.4, 0.5) is 11.5 Å². The van der Waals surface area contributed by atoms with Gasteiger partial charge in [-0.25, -0.2) is 9.97 Å². The third-order valence-electron chi connectivity index (χ3n) is 6.96. The van der Waals surface area contributed by atoms with Gasteiger partial charge in [0.1, 0.15) is 5.82 Å². The fourth-order valence-electron chi connectivity index (χ4n) is 5.30. The fourth-order valence-corrected chi connectivity index (χ4v) is 5.30. The molecule has 1 saturated heterocycles. The van der Waals surface area contributed by atoms with Crippen molar-refractivity contribution in [2.75, 3.05) is 37.0 Å². The second kappa shape index (κ2) is 7.03. The molecule has 28 heavy (non-hydrogen) atoms. The van der Waals surface area contributed by atoms with Gasteiger partial charge >= 0.3 is 0 Å². The van der Waals surface area contributed by atoms with Crippen molar-refractivity contribution >= 4 is 11.5 Å². The molecular formula is C23H30N4O. The molecular weight excluding hydrogens is 348 g/mol. The van der Waals surface area contributed by atoms with Gasteiger partial charge in [0.2, 0.25) is 0 Å². The zero-order valence-electron chi connectivity index (χ0n) is 17.0. The number of hydrogen-bond donors (Lipinski definition) is 1. The second-order valence-corrected chi connectivity index (χ2v) is 8.68. The number of anilines is 2. The first kappa shape index (κ1) is 17.9. The van der Waals surface area contributed by atoms with E-state index in [4.69, 9.17) is 14.7 Å². The van der Waals surface area contributed by atoms with Gasteiger partial charge in [0.05, 0.1) is 23.2 Å². The zero-order valence-corrected chi connectivity index (χ0v) is 17.0. The van der Waals surface area contributed by atoms with Gasteiger partial charge in [-0.3, -0.25) is 0 Å². The van der Waals surface area contributed by atoms with Crippen LogP contribution >= 0.6 is 0 Å². The maximum Gasteiger partial charge on any atom is 0.128 e. The molecule has 5 heteroatoms. The summed E-state index contributed by atoms with van der Waals surface area (Å²) in [7, 11) is 1.81. The van der Waals surface area contributed by atoms with Crippen LogP contribution in [0.5, 0.6) is 0 Å². The van der Waals surface area contributed by atoms with Crippen LogP contribution in [0.2, 0.25) is 0 Å². The summed E-state index contributed by atoms with van der Waals surface area (Å²) >= 11 is 0. The van der Waals surface area contributed by atoms with Gasteiger partial charge in [-0.15, -0.1) is 0 Å². The fraction of sp³-hybridized carbons (Fsp3) is 0.565. The number of rotatable bonds is 3. The van der Waals surface area contributed by atoms with E-state index in [0.717, 1.165) is 55.2 Å². The maximum absolute atomic E-state index is 5.57. The summed E-state index contributed by atoms with van der Waals surface area (Å²) in [5.74, 6) is 1.05. The molecule has 0 amide bonds. The Bertz CT molecular complexity index is 875. The van der Waals surface area contributed by atoms with Gasteiger partial charge in [-0.05, 0) is 56.9 Å². The molecule has 2 fully saturated rings. The third-order valence-corrected chi connectivity index (χ3v) is 6.96. The highest BCUT2D eigenvalue weighted by atomic mass is 16.5. The Morgan fingerprint density at radius 1 is 1.11 bits per heavy atom. The van der Waals surface area contributed by atoms with Crippen molar-refractivity contribution in [1.82, 2.24) is 9.97 Å². The molecule has 0 aromatic carbocycles. The van der Waals surface area contributed by atoms with E-state index < -0.39 is 0 Å². The van der Waals surface area contributed by atoms with Crippen molar-refractivity contribution in [2.24, 2.45) is 0 Å². The Hall–Kier alpha value is -2.14. The summed E-state index contributed by atoms with van der Waals surface area (Å²) in [4.78, 5) is 12.4. The average Bonchev–Trinajstić information content (AvgIpc) is 3.36. The highest BCUT2D eigenvalue weighted by Gasteiger charge is 2.42. The number of piperidine rings is 1. The zero-order chi connectivity index (χ0) is 19.1. The maximum atomic E-state index is 5.57. The normalized spacial score (nSPS) is 23.1. The predicted octanol–water partition coefficient (Wildman–Crippen LogP) is 4.30. The van der Waals surface area contributed by atoms with Crippen molar-refractivity contribution < 1.29 is 4.74 Å². The van der Waals surface area contributed by atoms with Crippen molar-refractivity contribution in [3.05, 3.63) is 35.7 Å². The molecule has 148 valence electrons. The minimum atomic E-state index is 0.260. The van der Waals surface area contributed by atoms with E-state index in [9.17, 15) is 0 Å². The van der Waals surface area contributed by atoms with Crippen LogP contribution in [0.15, 0.2) is 24.3 Å². The molecule has 1 unspecified atom stereocenters. The van der Waals surface area contributed by atoms with Crippen LogP contribution < -0.4 is 10.2 Å². The lowest BCUT2D eigenvalue weighted by Gasteiger charge is -2.33. The molecule has 1 N–H and O–H groups in total. The number of pyridine rings is 2. The third kappa shape index (κ3) is 2.96. The second-order valence-electron chi connectivity index (χ2n) is 8.68. The monoisotopic (exact) mass is 378 g/mol. The van der Waals surface area contributed by atoms with Crippen LogP contribution in [0.25, 0.3) is 11.3 Å². The first-order chi connectivity index (χ1) is 13.7. The van der Waals surface area contributed by atoms with E-state index in [0.29, 0.717) is 6.10 Å². The van der Waals surface area contributed by atoms with Crippen LogP contribution in [-0.2, 0) is 10.2 Å². The lowest BCUT2D eigenvalue weighted by molar-refractivity contribution is 0.0891. The van der Waals surface area contributed by atoms with Gasteiger partial charge in [-0.1, -0.05) is 12.8 Å². The number of ether oxygens (including phenoxy) is 1. The molecule has 1 spiro atoms. The number of hydrogen-bond acceptors (Lipinski definition) is 5. The lowest BCUT2D eigenvalue weighted by atomic mass is 9.84. The Balaban J connectivity index is 1.45. The lowest BCUT2D eigenvalue weighted by Crippen LogP contribution is -2.39. The van der Waals surface area contributed by atoms with Gasteiger partial charge in [0, 0.05) is 43.4 Å². The first-order valence-electron chi connectivity index (χ1n) is 10.7. The Kier molecular flexibility index (Phi) is 4.50. The average molecular weight is 379 g/mol. The first-order valence-corrected chi connectivity index (χ1v) is 10.7. The van der Waals surface area contributed by atoms with Crippen molar-refractivity contribution in [1.29, 1.82) is 0 Å². The van der Waals surface area contributed by atoms with Gasteiger partial charge in [0.25, 0.3) is 0 Å². The Labute approximate surface area is 167 Å². The van der Waals surface area contributed by atoms with Gasteiger partial charge < -0.3 is 15.0 Å². The van der Waals surface area contributed by atoms with E-state index in [1.807, 2.05) is 0 Å². The van der Waals surface area contributed by atoms with Crippen molar-refractivity contribution in [3.63, 3.8) is 0 Å². The van der Waals surface area contributed by atoms with E-state index in [1.54, 1.807) is 7.11 Å². The molecule has 1 atom stereocenters. The molecule has 2 aliphatic heterocycles. The SMILES string of the molecule is COC1CCCN(c2ccc(-c3ccc4c(n3)C3(CCCC3)CN4)c(C)n2)C1. The van der Waals surface area contributed by atoms with Crippen LogP contribution in [0.3, 0.4) is 0 Å². The summed E-state index contributed by atoms with van der Waals surface area (Å²) in [6, 6.07) is 8.71. The molecule has 1 saturated carbocycles. The quantitative estimate of drug-likeness (QED) is 0.863. The van der Waals surface area contributed by atoms with Crippen LogP contribution in [0, 0.1) is 6.92 Å². The Morgan fingerprint density at radius 3 is 2.75 bits per heavy atom.